The summed E-state index contributed by atoms with van der Waals surface area (Å²) in [5.74, 6) is 0.839. The van der Waals surface area contributed by atoms with Crippen molar-refractivity contribution in [1.29, 1.82) is 0 Å². The standard InChI is InChI=1S/C49H50N2/c1-47(2)27-29-50(45-18-9-7-16-40(45)47)35-24-26-38-37-25-22-33(31-42(37)49(5,6)43(38)32-35)21-23-34-13-11-15-39-36(34)14-12-20-44(39)51-30-28-48(3,4)41-17-8-10-19-46(41)51/h7-26,31-32,38,43H,27-30H2,1-6H3/b23-21+. The first-order chi connectivity index (χ1) is 24.5. The lowest BCUT2D eigenvalue weighted by molar-refractivity contribution is 0.390. The van der Waals surface area contributed by atoms with Gasteiger partial charge in [0.1, 0.15) is 0 Å². The Kier molecular flexibility index (Phi) is 7.31. The van der Waals surface area contributed by atoms with Crippen LogP contribution in [-0.4, -0.2) is 13.1 Å². The highest BCUT2D eigenvalue weighted by Gasteiger charge is 2.46. The van der Waals surface area contributed by atoms with E-state index in [0.29, 0.717) is 11.8 Å². The zero-order valence-corrected chi connectivity index (χ0v) is 31.1. The minimum absolute atomic E-state index is 0.0298. The van der Waals surface area contributed by atoms with Crippen molar-refractivity contribution in [3.8, 4) is 0 Å². The maximum Gasteiger partial charge on any atom is 0.0490 e. The number of para-hydroxylation sites is 2. The third kappa shape index (κ3) is 5.13. The smallest absolute Gasteiger partial charge is 0.0490 e. The van der Waals surface area contributed by atoms with Gasteiger partial charge in [0.2, 0.25) is 0 Å². The fraction of sp³-hybridized carbons (Fsp3) is 0.306. The molecule has 4 aliphatic rings. The molecule has 2 unspecified atom stereocenters. The van der Waals surface area contributed by atoms with Crippen molar-refractivity contribution in [3.63, 3.8) is 0 Å². The number of anilines is 3. The van der Waals surface area contributed by atoms with Gasteiger partial charge in [0.25, 0.3) is 0 Å². The highest BCUT2D eigenvalue weighted by Crippen LogP contribution is 2.55. The summed E-state index contributed by atoms with van der Waals surface area (Å²) >= 11 is 0. The van der Waals surface area contributed by atoms with E-state index in [1.807, 2.05) is 0 Å². The molecule has 5 aromatic rings. The van der Waals surface area contributed by atoms with E-state index in [0.717, 1.165) is 25.9 Å². The summed E-state index contributed by atoms with van der Waals surface area (Å²) in [5, 5.41) is 2.61. The Bertz CT molecular complexity index is 2280. The molecule has 2 atom stereocenters. The molecular weight excluding hydrogens is 617 g/mol. The molecular formula is C49H50N2. The van der Waals surface area contributed by atoms with Crippen LogP contribution in [0.25, 0.3) is 22.9 Å². The van der Waals surface area contributed by atoms with Crippen LogP contribution in [-0.2, 0) is 16.2 Å². The third-order valence-corrected chi connectivity index (χ3v) is 12.9. The number of fused-ring (bicyclic) bond motifs is 6. The van der Waals surface area contributed by atoms with Gasteiger partial charge < -0.3 is 9.80 Å². The summed E-state index contributed by atoms with van der Waals surface area (Å²) in [5.41, 5.74) is 14.1. The maximum absolute atomic E-state index is 2.59. The highest BCUT2D eigenvalue weighted by atomic mass is 15.2. The van der Waals surface area contributed by atoms with Crippen LogP contribution in [0.5, 0.6) is 0 Å². The van der Waals surface area contributed by atoms with E-state index >= 15 is 0 Å². The lowest BCUT2D eigenvalue weighted by Gasteiger charge is -2.42. The van der Waals surface area contributed by atoms with Gasteiger partial charge in [-0.2, -0.15) is 0 Å². The first-order valence-corrected chi connectivity index (χ1v) is 19.0. The van der Waals surface area contributed by atoms with Crippen LogP contribution >= 0.6 is 0 Å². The molecule has 9 rings (SSSR count). The molecule has 2 aliphatic carbocycles. The topological polar surface area (TPSA) is 6.48 Å². The summed E-state index contributed by atoms with van der Waals surface area (Å²) in [7, 11) is 0. The second-order valence-corrected chi connectivity index (χ2v) is 17.2. The number of hydrogen-bond donors (Lipinski definition) is 0. The van der Waals surface area contributed by atoms with Crippen molar-refractivity contribution in [2.45, 2.75) is 76.5 Å². The Morgan fingerprint density at radius 1 is 0.588 bits per heavy atom. The Hall–Kier alpha value is -4.82. The van der Waals surface area contributed by atoms with Gasteiger partial charge in [0.05, 0.1) is 0 Å². The lowest BCUT2D eigenvalue weighted by Crippen LogP contribution is -2.37. The first-order valence-electron chi connectivity index (χ1n) is 19.0. The predicted octanol–water partition coefficient (Wildman–Crippen LogP) is 12.5. The molecule has 0 spiro atoms. The van der Waals surface area contributed by atoms with E-state index in [1.54, 1.807) is 0 Å². The van der Waals surface area contributed by atoms with E-state index in [2.05, 4.69) is 185 Å². The molecule has 0 N–H and O–H groups in total. The van der Waals surface area contributed by atoms with Crippen molar-refractivity contribution in [3.05, 3.63) is 160 Å². The Morgan fingerprint density at radius 2 is 1.22 bits per heavy atom. The van der Waals surface area contributed by atoms with Gasteiger partial charge in [-0.3, -0.25) is 0 Å². The zero-order chi connectivity index (χ0) is 35.1. The van der Waals surface area contributed by atoms with Gasteiger partial charge in [-0.1, -0.05) is 151 Å². The normalized spacial score (nSPS) is 22.4. The Morgan fingerprint density at radius 3 is 1.96 bits per heavy atom. The second-order valence-electron chi connectivity index (χ2n) is 17.2. The number of rotatable bonds is 4. The van der Waals surface area contributed by atoms with Crippen molar-refractivity contribution >= 4 is 40.0 Å². The fourth-order valence-corrected chi connectivity index (χ4v) is 9.76. The van der Waals surface area contributed by atoms with E-state index < -0.39 is 0 Å². The molecule has 2 heterocycles. The zero-order valence-electron chi connectivity index (χ0n) is 31.1. The van der Waals surface area contributed by atoms with Gasteiger partial charge >= 0.3 is 0 Å². The van der Waals surface area contributed by atoms with Gasteiger partial charge in [-0.25, -0.2) is 0 Å². The molecule has 0 saturated carbocycles. The Balaban J connectivity index is 1.02. The molecule has 2 aliphatic heterocycles. The van der Waals surface area contributed by atoms with Crippen LogP contribution in [0.15, 0.2) is 127 Å². The quantitative estimate of drug-likeness (QED) is 0.176. The Labute approximate surface area is 304 Å². The summed E-state index contributed by atoms with van der Waals surface area (Å²) in [6, 6.07) is 38.8. The van der Waals surface area contributed by atoms with Gasteiger partial charge in [0.15, 0.2) is 0 Å². The molecule has 51 heavy (non-hydrogen) atoms. The van der Waals surface area contributed by atoms with E-state index in [4.69, 9.17) is 0 Å². The summed E-state index contributed by atoms with van der Waals surface area (Å²) in [6.07, 6.45) is 14.4. The van der Waals surface area contributed by atoms with Crippen molar-refractivity contribution < 1.29 is 0 Å². The summed E-state index contributed by atoms with van der Waals surface area (Å²) in [4.78, 5) is 5.11. The minimum Gasteiger partial charge on any atom is -0.341 e. The predicted molar refractivity (Wildman–Crippen MR) is 218 cm³/mol. The van der Waals surface area contributed by atoms with E-state index in [1.165, 1.54) is 66.9 Å². The molecule has 0 fully saturated rings. The average molecular weight is 667 g/mol. The van der Waals surface area contributed by atoms with E-state index in [-0.39, 0.29) is 16.2 Å². The first kappa shape index (κ1) is 32.1. The molecule has 0 amide bonds. The SMILES string of the molecule is CC1(C)CCN(C2=CC3C(C=C2)c2ccc(/C=C/c4cccc5c(N6CCC(C)(C)c7ccccc76)cccc45)cc2C3(C)C)c2ccccc21. The number of allylic oxidation sites excluding steroid dienone is 3. The second kappa shape index (κ2) is 11.6. The monoisotopic (exact) mass is 666 g/mol. The lowest BCUT2D eigenvalue weighted by atomic mass is 9.73. The number of hydrogen-bond acceptors (Lipinski definition) is 2. The molecule has 0 aromatic heterocycles. The summed E-state index contributed by atoms with van der Waals surface area (Å²) in [6.45, 7) is 16.5. The van der Waals surface area contributed by atoms with Crippen LogP contribution in [0.4, 0.5) is 17.1 Å². The molecule has 0 radical (unpaired) electrons. The highest BCUT2D eigenvalue weighted by molar-refractivity contribution is 6.01. The van der Waals surface area contributed by atoms with Crippen LogP contribution in [0.2, 0.25) is 0 Å². The third-order valence-electron chi connectivity index (χ3n) is 12.9. The van der Waals surface area contributed by atoms with E-state index in [9.17, 15) is 0 Å². The molecule has 256 valence electrons. The maximum atomic E-state index is 2.59. The van der Waals surface area contributed by atoms with Crippen molar-refractivity contribution in [1.82, 2.24) is 0 Å². The molecule has 5 aromatic carbocycles. The minimum atomic E-state index is 0.0298. The molecule has 2 nitrogen and oxygen atoms in total. The van der Waals surface area contributed by atoms with Gasteiger partial charge in [-0.05, 0) is 98.0 Å². The van der Waals surface area contributed by atoms with Crippen molar-refractivity contribution in [2.24, 2.45) is 5.92 Å². The molecule has 0 saturated heterocycles. The van der Waals surface area contributed by atoms with Crippen LogP contribution in [0.3, 0.4) is 0 Å². The fourth-order valence-electron chi connectivity index (χ4n) is 9.76. The number of nitrogens with zero attached hydrogens (tertiary/aromatic N) is 2. The largest absolute Gasteiger partial charge is 0.341 e. The number of benzene rings is 5. The van der Waals surface area contributed by atoms with Gasteiger partial charge in [0, 0.05) is 47.2 Å². The average Bonchev–Trinajstić information content (AvgIpc) is 3.36. The van der Waals surface area contributed by atoms with Crippen LogP contribution in [0, 0.1) is 5.92 Å². The van der Waals surface area contributed by atoms with Crippen LogP contribution in [0.1, 0.15) is 93.7 Å². The van der Waals surface area contributed by atoms with Crippen molar-refractivity contribution in [2.75, 3.05) is 22.9 Å². The van der Waals surface area contributed by atoms with Gasteiger partial charge in [-0.15, -0.1) is 0 Å². The van der Waals surface area contributed by atoms with Crippen LogP contribution < -0.4 is 9.80 Å². The summed E-state index contributed by atoms with van der Waals surface area (Å²) < 4.78 is 0. The molecule has 0 bridgehead atoms. The molecule has 2 heteroatoms.